The van der Waals surface area contributed by atoms with Crippen molar-refractivity contribution in [2.75, 3.05) is 18.1 Å². The number of hydrogen-bond donors (Lipinski definition) is 0. The van der Waals surface area contributed by atoms with E-state index < -0.39 is 0 Å². The first-order valence-electron chi connectivity index (χ1n) is 7.27. The van der Waals surface area contributed by atoms with Gasteiger partial charge in [-0.25, -0.2) is 4.98 Å². The van der Waals surface area contributed by atoms with Gasteiger partial charge in [0.05, 0.1) is 11.4 Å². The molecule has 5 nitrogen and oxygen atoms in total. The number of rotatable bonds is 2. The lowest BCUT2D eigenvalue weighted by atomic mass is 10.1. The number of aromatic nitrogens is 2. The number of carbonyl (C=O) groups excluding carboxylic acids is 1. The van der Waals surface area contributed by atoms with Gasteiger partial charge in [0.1, 0.15) is 11.4 Å². The van der Waals surface area contributed by atoms with Crippen LogP contribution in [0.5, 0.6) is 5.75 Å². The molecule has 0 N–H and O–H groups in total. The number of likely N-dealkylation sites (N-methyl/N-ethyl adjacent to an activating group) is 1. The smallest absolute Gasteiger partial charge is 0.265 e. The van der Waals surface area contributed by atoms with Crippen molar-refractivity contribution in [1.82, 2.24) is 9.38 Å². The molecule has 22 heavy (non-hydrogen) atoms. The van der Waals surface area contributed by atoms with Crippen LogP contribution >= 0.6 is 0 Å². The molecular formula is C17H15N3O2. The Balaban J connectivity index is 1.83. The van der Waals surface area contributed by atoms with Crippen molar-refractivity contribution in [3.8, 4) is 17.0 Å². The Labute approximate surface area is 127 Å². The molecule has 4 rings (SSSR count). The number of anilines is 1. The first-order chi connectivity index (χ1) is 10.8. The zero-order chi connectivity index (χ0) is 15.1. The summed E-state index contributed by atoms with van der Waals surface area (Å²) in [6.07, 6.45) is 3.95. The van der Waals surface area contributed by atoms with Gasteiger partial charge in [-0.15, -0.1) is 0 Å². The third kappa shape index (κ3) is 1.94. The minimum absolute atomic E-state index is 0.0119. The van der Waals surface area contributed by atoms with Crippen molar-refractivity contribution in [2.45, 2.75) is 6.92 Å². The zero-order valence-corrected chi connectivity index (χ0v) is 12.2. The molecule has 3 aromatic rings. The number of carbonyl (C=O) groups is 1. The van der Waals surface area contributed by atoms with Crippen LogP contribution in [0, 0.1) is 0 Å². The molecule has 0 bridgehead atoms. The summed E-state index contributed by atoms with van der Waals surface area (Å²) in [6.45, 7) is 2.70. The van der Waals surface area contributed by atoms with Crippen molar-refractivity contribution >= 4 is 17.2 Å². The van der Waals surface area contributed by atoms with Gasteiger partial charge in [0.15, 0.2) is 6.61 Å². The Morgan fingerprint density at radius 2 is 2.18 bits per heavy atom. The summed E-state index contributed by atoms with van der Waals surface area (Å²) in [4.78, 5) is 18.3. The standard InChI is InChI=1S/C17H15N3O2/c1-2-20-14-9-12(6-7-15(14)22-11-17(20)21)13-10-19-8-4-3-5-16(19)18-13/h3-10H,2,11H2,1H3. The fraction of sp³-hybridized carbons (Fsp3) is 0.176. The second kappa shape index (κ2) is 4.87. The van der Waals surface area contributed by atoms with Crippen molar-refractivity contribution in [3.63, 3.8) is 0 Å². The highest BCUT2D eigenvalue weighted by molar-refractivity contribution is 5.98. The van der Waals surface area contributed by atoms with Crippen LogP contribution in [0.25, 0.3) is 16.9 Å². The molecule has 0 atom stereocenters. The van der Waals surface area contributed by atoms with Gasteiger partial charge in [0, 0.05) is 24.5 Å². The highest BCUT2D eigenvalue weighted by atomic mass is 16.5. The highest BCUT2D eigenvalue weighted by Crippen LogP contribution is 2.35. The molecule has 1 amide bonds. The third-order valence-electron chi connectivity index (χ3n) is 3.88. The summed E-state index contributed by atoms with van der Waals surface area (Å²) < 4.78 is 7.48. The SMILES string of the molecule is CCN1C(=O)COc2ccc(-c3cn4ccccc4n3)cc21. The Bertz CT molecular complexity index is 836. The lowest BCUT2D eigenvalue weighted by Gasteiger charge is -2.28. The van der Waals surface area contributed by atoms with E-state index in [2.05, 4.69) is 4.98 Å². The van der Waals surface area contributed by atoms with Crippen molar-refractivity contribution in [2.24, 2.45) is 0 Å². The van der Waals surface area contributed by atoms with Gasteiger partial charge < -0.3 is 14.0 Å². The monoisotopic (exact) mass is 293 g/mol. The lowest BCUT2D eigenvalue weighted by Crippen LogP contribution is -2.38. The molecule has 0 unspecified atom stereocenters. The molecule has 2 aromatic heterocycles. The summed E-state index contributed by atoms with van der Waals surface area (Å²) in [5.41, 5.74) is 3.56. The second-order valence-electron chi connectivity index (χ2n) is 5.20. The lowest BCUT2D eigenvalue weighted by molar-refractivity contribution is -0.121. The number of hydrogen-bond acceptors (Lipinski definition) is 3. The number of pyridine rings is 1. The van der Waals surface area contributed by atoms with Crippen molar-refractivity contribution in [1.29, 1.82) is 0 Å². The Kier molecular flexibility index (Phi) is 2.85. The van der Waals surface area contributed by atoms with Crippen LogP contribution in [0.15, 0.2) is 48.8 Å². The Hall–Kier alpha value is -2.82. The van der Waals surface area contributed by atoms with Crippen LogP contribution in [-0.2, 0) is 4.79 Å². The Morgan fingerprint density at radius 3 is 3.00 bits per heavy atom. The predicted molar refractivity (Wildman–Crippen MR) is 84.2 cm³/mol. The highest BCUT2D eigenvalue weighted by Gasteiger charge is 2.24. The van der Waals surface area contributed by atoms with Crippen molar-refractivity contribution < 1.29 is 9.53 Å². The molecule has 0 spiro atoms. The van der Waals surface area contributed by atoms with Crippen LogP contribution in [0.3, 0.4) is 0 Å². The van der Waals surface area contributed by atoms with E-state index in [-0.39, 0.29) is 12.5 Å². The van der Waals surface area contributed by atoms with Crippen LogP contribution < -0.4 is 9.64 Å². The number of imidazole rings is 1. The van der Waals surface area contributed by atoms with E-state index in [1.807, 2.05) is 60.1 Å². The summed E-state index contributed by atoms with van der Waals surface area (Å²) >= 11 is 0. The second-order valence-corrected chi connectivity index (χ2v) is 5.20. The molecule has 0 fully saturated rings. The molecule has 1 aliphatic rings. The third-order valence-corrected chi connectivity index (χ3v) is 3.88. The van der Waals surface area contributed by atoms with Crippen molar-refractivity contribution in [3.05, 3.63) is 48.8 Å². The van der Waals surface area contributed by atoms with Crippen LogP contribution in [0.1, 0.15) is 6.92 Å². The van der Waals surface area contributed by atoms with Gasteiger partial charge in [-0.3, -0.25) is 4.79 Å². The molecule has 0 aliphatic carbocycles. The summed E-state index contributed by atoms with van der Waals surface area (Å²) in [5, 5.41) is 0. The van der Waals surface area contributed by atoms with Crippen LogP contribution in [-0.4, -0.2) is 28.4 Å². The fourth-order valence-electron chi connectivity index (χ4n) is 2.78. The number of ether oxygens (including phenoxy) is 1. The number of nitrogens with zero attached hydrogens (tertiary/aromatic N) is 3. The van der Waals surface area contributed by atoms with Gasteiger partial charge in [-0.05, 0) is 37.3 Å². The van der Waals surface area contributed by atoms with E-state index in [1.165, 1.54) is 0 Å². The first kappa shape index (κ1) is 12.9. The van der Waals surface area contributed by atoms with Gasteiger partial charge in [-0.2, -0.15) is 0 Å². The molecule has 1 aliphatic heterocycles. The van der Waals surface area contributed by atoms with Gasteiger partial charge in [0.2, 0.25) is 0 Å². The summed E-state index contributed by atoms with van der Waals surface area (Å²) in [5.74, 6) is 0.733. The molecular weight excluding hydrogens is 278 g/mol. The molecule has 0 saturated heterocycles. The number of benzene rings is 1. The average Bonchev–Trinajstić information content (AvgIpc) is 2.98. The molecule has 0 saturated carbocycles. The number of amides is 1. The maximum Gasteiger partial charge on any atom is 0.265 e. The van der Waals surface area contributed by atoms with Gasteiger partial charge in [0.25, 0.3) is 5.91 Å². The average molecular weight is 293 g/mol. The van der Waals surface area contributed by atoms with Gasteiger partial charge >= 0.3 is 0 Å². The van der Waals surface area contributed by atoms with E-state index in [0.29, 0.717) is 6.54 Å². The van der Waals surface area contributed by atoms with E-state index in [0.717, 1.165) is 28.3 Å². The number of fused-ring (bicyclic) bond motifs is 2. The molecule has 0 radical (unpaired) electrons. The van der Waals surface area contributed by atoms with E-state index in [4.69, 9.17) is 4.74 Å². The largest absolute Gasteiger partial charge is 0.482 e. The first-order valence-corrected chi connectivity index (χ1v) is 7.27. The Morgan fingerprint density at radius 1 is 1.27 bits per heavy atom. The minimum atomic E-state index is -0.0119. The topological polar surface area (TPSA) is 46.8 Å². The van der Waals surface area contributed by atoms with Crippen LogP contribution in [0.4, 0.5) is 5.69 Å². The molecule has 110 valence electrons. The maximum atomic E-state index is 12.0. The maximum absolute atomic E-state index is 12.0. The van der Waals surface area contributed by atoms with E-state index >= 15 is 0 Å². The van der Waals surface area contributed by atoms with Crippen LogP contribution in [0.2, 0.25) is 0 Å². The molecule has 5 heteroatoms. The predicted octanol–water partition coefficient (Wildman–Crippen LogP) is 2.75. The quantitative estimate of drug-likeness (QED) is 0.730. The molecule has 3 heterocycles. The zero-order valence-electron chi connectivity index (χ0n) is 12.2. The fourth-order valence-corrected chi connectivity index (χ4v) is 2.78. The van der Waals surface area contributed by atoms with E-state index in [9.17, 15) is 4.79 Å². The summed E-state index contributed by atoms with van der Waals surface area (Å²) in [6, 6.07) is 11.7. The summed E-state index contributed by atoms with van der Waals surface area (Å²) in [7, 11) is 0. The normalized spacial score (nSPS) is 14.0. The molecule has 1 aromatic carbocycles. The van der Waals surface area contributed by atoms with E-state index in [1.54, 1.807) is 4.90 Å². The van der Waals surface area contributed by atoms with Gasteiger partial charge in [-0.1, -0.05) is 6.07 Å². The minimum Gasteiger partial charge on any atom is -0.482 e.